The van der Waals surface area contributed by atoms with E-state index in [1.54, 1.807) is 24.3 Å². The van der Waals surface area contributed by atoms with Crippen LogP contribution in [0.5, 0.6) is 5.75 Å². The van der Waals surface area contributed by atoms with Gasteiger partial charge in [0.05, 0.1) is 23.1 Å². The summed E-state index contributed by atoms with van der Waals surface area (Å²) < 4.78 is 0. The largest absolute Gasteiger partial charge is 0.508 e. The molecule has 0 aliphatic rings. The Balaban J connectivity index is 1.81. The van der Waals surface area contributed by atoms with Gasteiger partial charge in [-0.15, -0.1) is 0 Å². The maximum Gasteiger partial charge on any atom is 0.260 e. The molecular formula is C15H13N5O2. The predicted molar refractivity (Wildman–Crippen MR) is 82.9 cm³/mol. The Morgan fingerprint density at radius 1 is 1.23 bits per heavy atom. The molecule has 1 heterocycles. The third-order valence-corrected chi connectivity index (χ3v) is 3.04. The van der Waals surface area contributed by atoms with Crippen molar-refractivity contribution in [2.45, 2.75) is 0 Å². The fraction of sp³-hybridized carbons (Fsp3) is 0. The molecular weight excluding hydrogens is 282 g/mol. The first-order valence-electron chi connectivity index (χ1n) is 6.50. The number of rotatable bonds is 2. The van der Waals surface area contributed by atoms with Crippen molar-refractivity contribution in [2.24, 2.45) is 10.7 Å². The summed E-state index contributed by atoms with van der Waals surface area (Å²) in [5.74, 6) is -0.298. The number of imidazole rings is 1. The second kappa shape index (κ2) is 5.57. The molecule has 0 spiro atoms. The van der Waals surface area contributed by atoms with Crippen molar-refractivity contribution in [3.63, 3.8) is 0 Å². The van der Waals surface area contributed by atoms with Gasteiger partial charge in [0.25, 0.3) is 5.91 Å². The molecule has 0 aliphatic carbocycles. The summed E-state index contributed by atoms with van der Waals surface area (Å²) in [4.78, 5) is 23.4. The summed E-state index contributed by atoms with van der Waals surface area (Å²) in [5.41, 5.74) is 7.99. The Hall–Kier alpha value is -3.35. The predicted octanol–water partition coefficient (Wildman–Crippen LogP) is 1.64. The molecule has 7 heteroatoms. The number of benzene rings is 2. The van der Waals surface area contributed by atoms with Gasteiger partial charge < -0.3 is 15.8 Å². The van der Waals surface area contributed by atoms with Crippen LogP contribution < -0.4 is 11.1 Å². The maximum absolute atomic E-state index is 12.2. The van der Waals surface area contributed by atoms with Crippen LogP contribution in [0.1, 0.15) is 10.4 Å². The molecule has 1 aromatic heterocycles. The number of guanidine groups is 1. The zero-order valence-electron chi connectivity index (χ0n) is 11.4. The first kappa shape index (κ1) is 13.6. The Labute approximate surface area is 125 Å². The van der Waals surface area contributed by atoms with Crippen molar-refractivity contribution in [3.05, 3.63) is 54.4 Å². The molecule has 0 bridgehead atoms. The molecule has 0 atom stereocenters. The number of aromatic amines is 1. The first-order chi connectivity index (χ1) is 10.6. The molecule has 0 saturated heterocycles. The van der Waals surface area contributed by atoms with Crippen molar-refractivity contribution in [2.75, 3.05) is 0 Å². The van der Waals surface area contributed by atoms with E-state index in [9.17, 15) is 9.90 Å². The number of para-hydroxylation sites is 1. The van der Waals surface area contributed by atoms with Crippen LogP contribution in [0, 0.1) is 0 Å². The van der Waals surface area contributed by atoms with Crippen molar-refractivity contribution in [1.82, 2.24) is 15.3 Å². The van der Waals surface area contributed by atoms with Crippen LogP contribution in [0.2, 0.25) is 0 Å². The van der Waals surface area contributed by atoms with Gasteiger partial charge in [-0.05, 0) is 36.4 Å². The van der Waals surface area contributed by atoms with Crippen LogP contribution >= 0.6 is 0 Å². The molecule has 2 aromatic carbocycles. The highest BCUT2D eigenvalue weighted by molar-refractivity contribution is 6.11. The van der Waals surface area contributed by atoms with Gasteiger partial charge in [-0.1, -0.05) is 6.07 Å². The standard InChI is InChI=1S/C15H13N5O2/c16-15(19-9-4-6-10(21)7-5-9)20-14(22)11-2-1-3-12-13(11)18-8-17-12/h1-8,21H,(H,17,18)(H3,16,19,20,22). The van der Waals surface area contributed by atoms with E-state index in [1.165, 1.54) is 18.5 Å². The number of phenols is 1. The number of aliphatic imine (C=N–C) groups is 1. The minimum atomic E-state index is -0.391. The molecule has 7 nitrogen and oxygen atoms in total. The molecule has 0 fully saturated rings. The van der Waals surface area contributed by atoms with E-state index in [2.05, 4.69) is 20.3 Å². The number of hydrogen-bond acceptors (Lipinski definition) is 4. The zero-order valence-corrected chi connectivity index (χ0v) is 11.4. The highest BCUT2D eigenvalue weighted by Gasteiger charge is 2.12. The number of nitrogens with one attached hydrogen (secondary N) is 2. The summed E-state index contributed by atoms with van der Waals surface area (Å²) in [6.07, 6.45) is 1.52. The number of nitrogens with two attached hydrogens (primary N) is 1. The van der Waals surface area contributed by atoms with E-state index in [1.807, 2.05) is 6.07 Å². The monoisotopic (exact) mass is 295 g/mol. The number of aromatic nitrogens is 2. The summed E-state index contributed by atoms with van der Waals surface area (Å²) in [6.45, 7) is 0. The number of amides is 1. The molecule has 3 aromatic rings. The van der Waals surface area contributed by atoms with Crippen molar-refractivity contribution < 1.29 is 9.90 Å². The first-order valence-corrected chi connectivity index (χ1v) is 6.50. The summed E-state index contributed by atoms with van der Waals surface area (Å²) >= 11 is 0. The maximum atomic E-state index is 12.2. The summed E-state index contributed by atoms with van der Waals surface area (Å²) in [7, 11) is 0. The lowest BCUT2D eigenvalue weighted by molar-refractivity contribution is 0.0978. The number of nitrogens with zero attached hydrogens (tertiary/aromatic N) is 2. The third kappa shape index (κ3) is 2.73. The second-order valence-electron chi connectivity index (χ2n) is 4.57. The number of carbonyl (C=O) groups excluding carboxylic acids is 1. The fourth-order valence-electron chi connectivity index (χ4n) is 2.03. The Bertz CT molecular complexity index is 852. The van der Waals surface area contributed by atoms with Gasteiger partial charge in [-0.2, -0.15) is 0 Å². The quantitative estimate of drug-likeness (QED) is 0.425. The van der Waals surface area contributed by atoms with Gasteiger partial charge in [-0.25, -0.2) is 9.98 Å². The molecule has 3 rings (SSSR count). The topological polar surface area (TPSA) is 116 Å². The van der Waals surface area contributed by atoms with Gasteiger partial charge in [0, 0.05) is 0 Å². The van der Waals surface area contributed by atoms with E-state index in [0.29, 0.717) is 16.8 Å². The summed E-state index contributed by atoms with van der Waals surface area (Å²) in [6, 6.07) is 11.4. The Morgan fingerprint density at radius 2 is 2.00 bits per heavy atom. The van der Waals surface area contributed by atoms with Crippen LogP contribution in [0.3, 0.4) is 0 Å². The van der Waals surface area contributed by atoms with Crippen molar-refractivity contribution in [1.29, 1.82) is 0 Å². The lowest BCUT2D eigenvalue weighted by Gasteiger charge is -2.05. The molecule has 110 valence electrons. The van der Waals surface area contributed by atoms with Gasteiger partial charge in [0.1, 0.15) is 11.3 Å². The average molecular weight is 295 g/mol. The number of fused-ring (bicyclic) bond motifs is 1. The van der Waals surface area contributed by atoms with E-state index in [4.69, 9.17) is 5.73 Å². The number of carbonyl (C=O) groups is 1. The molecule has 5 N–H and O–H groups in total. The van der Waals surface area contributed by atoms with Crippen LogP contribution in [0.15, 0.2) is 53.8 Å². The summed E-state index contributed by atoms with van der Waals surface area (Å²) in [5, 5.41) is 11.7. The SMILES string of the molecule is NC(=Nc1ccc(O)cc1)NC(=O)c1cccc2[nH]cnc12. The second-order valence-corrected chi connectivity index (χ2v) is 4.57. The molecule has 0 radical (unpaired) electrons. The fourth-order valence-corrected chi connectivity index (χ4v) is 2.03. The molecule has 0 unspecified atom stereocenters. The normalized spacial score (nSPS) is 11.5. The highest BCUT2D eigenvalue weighted by Crippen LogP contribution is 2.17. The van der Waals surface area contributed by atoms with E-state index < -0.39 is 5.91 Å². The lowest BCUT2D eigenvalue weighted by atomic mass is 10.2. The number of H-pyrrole nitrogens is 1. The number of aromatic hydroxyl groups is 1. The van der Waals surface area contributed by atoms with Crippen molar-refractivity contribution in [3.8, 4) is 5.75 Å². The van der Waals surface area contributed by atoms with E-state index in [0.717, 1.165) is 5.52 Å². The Kier molecular flexibility index (Phi) is 3.45. The van der Waals surface area contributed by atoms with E-state index >= 15 is 0 Å². The van der Waals surface area contributed by atoms with Crippen LogP contribution in [-0.2, 0) is 0 Å². The Morgan fingerprint density at radius 3 is 2.77 bits per heavy atom. The highest BCUT2D eigenvalue weighted by atomic mass is 16.3. The van der Waals surface area contributed by atoms with Gasteiger partial charge >= 0.3 is 0 Å². The number of phenolic OH excluding ortho intramolecular Hbond substituents is 1. The molecule has 22 heavy (non-hydrogen) atoms. The van der Waals surface area contributed by atoms with Crippen LogP contribution in [0.25, 0.3) is 11.0 Å². The van der Waals surface area contributed by atoms with E-state index in [-0.39, 0.29) is 11.7 Å². The minimum absolute atomic E-state index is 0.0387. The zero-order chi connectivity index (χ0) is 15.5. The van der Waals surface area contributed by atoms with Crippen LogP contribution in [0.4, 0.5) is 5.69 Å². The minimum Gasteiger partial charge on any atom is -0.508 e. The van der Waals surface area contributed by atoms with Gasteiger partial charge in [-0.3, -0.25) is 10.1 Å². The van der Waals surface area contributed by atoms with Gasteiger partial charge in [0.15, 0.2) is 0 Å². The molecule has 1 amide bonds. The van der Waals surface area contributed by atoms with Gasteiger partial charge in [0.2, 0.25) is 5.96 Å². The number of hydrogen-bond donors (Lipinski definition) is 4. The molecule has 0 aliphatic heterocycles. The third-order valence-electron chi connectivity index (χ3n) is 3.04. The van der Waals surface area contributed by atoms with Crippen LogP contribution in [-0.4, -0.2) is 26.9 Å². The van der Waals surface area contributed by atoms with Crippen molar-refractivity contribution >= 4 is 28.6 Å². The lowest BCUT2D eigenvalue weighted by Crippen LogP contribution is -2.36. The average Bonchev–Trinajstić information content (AvgIpc) is 2.97. The molecule has 0 saturated carbocycles. The smallest absolute Gasteiger partial charge is 0.260 e.